The van der Waals surface area contributed by atoms with E-state index in [9.17, 15) is 9.18 Å². The van der Waals surface area contributed by atoms with E-state index in [2.05, 4.69) is 23.4 Å². The molecule has 0 saturated carbocycles. The van der Waals surface area contributed by atoms with Crippen LogP contribution in [-0.4, -0.2) is 23.0 Å². The summed E-state index contributed by atoms with van der Waals surface area (Å²) in [5.74, 6) is 0.455. The van der Waals surface area contributed by atoms with Crippen LogP contribution in [0.1, 0.15) is 18.1 Å². The molecule has 0 bridgehead atoms. The Balaban J connectivity index is 1.82. The smallest absolute Gasteiger partial charge is 0.252 e. The molecule has 1 aromatic heterocycles. The van der Waals surface area contributed by atoms with E-state index in [-0.39, 0.29) is 11.4 Å². The van der Waals surface area contributed by atoms with Gasteiger partial charge in [0, 0.05) is 24.2 Å². The largest absolute Gasteiger partial charge is 0.489 e. The number of H-pyrrole nitrogens is 1. The lowest BCUT2D eigenvalue weighted by molar-refractivity contribution is 0.263. The fraction of sp³-hybridized carbons (Fsp3) is 0.227. The molecule has 0 fully saturated rings. The number of nitrogens with one attached hydrogen (secondary N) is 1. The molecule has 3 aromatic rings. The Morgan fingerprint density at radius 1 is 1.15 bits per heavy atom. The van der Waals surface area contributed by atoms with Gasteiger partial charge in [-0.05, 0) is 42.3 Å². The van der Waals surface area contributed by atoms with Crippen molar-refractivity contribution >= 4 is 10.9 Å². The first kappa shape index (κ1) is 18.9. The summed E-state index contributed by atoms with van der Waals surface area (Å²) in [6, 6.07) is 14.1. The molecule has 2 aromatic carbocycles. The zero-order valence-corrected chi connectivity index (χ0v) is 15.4. The van der Waals surface area contributed by atoms with Crippen LogP contribution in [0.2, 0.25) is 0 Å². The van der Waals surface area contributed by atoms with E-state index in [0.717, 1.165) is 23.2 Å². The Morgan fingerprint density at radius 3 is 2.70 bits per heavy atom. The van der Waals surface area contributed by atoms with E-state index in [1.54, 1.807) is 12.1 Å². The summed E-state index contributed by atoms with van der Waals surface area (Å²) >= 11 is 0. The number of nitrogens with zero attached hydrogens (tertiary/aromatic N) is 1. The van der Waals surface area contributed by atoms with Crippen molar-refractivity contribution in [3.05, 3.63) is 88.5 Å². The number of pyridine rings is 1. The van der Waals surface area contributed by atoms with Gasteiger partial charge in [-0.3, -0.25) is 9.69 Å². The molecular weight excluding hydrogens is 343 g/mol. The van der Waals surface area contributed by atoms with Gasteiger partial charge in [0.1, 0.15) is 18.2 Å². The average molecular weight is 366 g/mol. The Morgan fingerprint density at radius 2 is 1.93 bits per heavy atom. The minimum Gasteiger partial charge on any atom is -0.489 e. The van der Waals surface area contributed by atoms with Crippen LogP contribution >= 0.6 is 0 Å². The third-order valence-electron chi connectivity index (χ3n) is 4.45. The highest BCUT2D eigenvalue weighted by molar-refractivity contribution is 5.78. The molecule has 27 heavy (non-hydrogen) atoms. The van der Waals surface area contributed by atoms with Crippen LogP contribution in [0, 0.1) is 5.82 Å². The number of ether oxygens (including phenoxy) is 1. The summed E-state index contributed by atoms with van der Waals surface area (Å²) < 4.78 is 19.1. The first-order chi connectivity index (χ1) is 13.1. The highest BCUT2D eigenvalue weighted by atomic mass is 19.1. The number of hydrogen-bond donors (Lipinski definition) is 1. The molecule has 0 unspecified atom stereocenters. The highest BCUT2D eigenvalue weighted by Gasteiger charge is 2.12. The fourth-order valence-corrected chi connectivity index (χ4v) is 3.02. The predicted molar refractivity (Wildman–Crippen MR) is 106 cm³/mol. The first-order valence-electron chi connectivity index (χ1n) is 8.96. The Bertz CT molecular complexity index is 997. The summed E-state index contributed by atoms with van der Waals surface area (Å²) in [7, 11) is 0. The molecule has 140 valence electrons. The summed E-state index contributed by atoms with van der Waals surface area (Å²) in [5.41, 5.74) is 2.03. The first-order valence-corrected chi connectivity index (χ1v) is 8.96. The van der Waals surface area contributed by atoms with Gasteiger partial charge < -0.3 is 9.72 Å². The molecule has 0 aliphatic rings. The van der Waals surface area contributed by atoms with E-state index < -0.39 is 0 Å². The molecule has 3 rings (SSSR count). The molecule has 4 nitrogen and oxygen atoms in total. The SMILES string of the molecule is C=CCOc1ccccc1CN(CC)Cc1cc2ccc(F)cc2[nH]c1=O. The maximum Gasteiger partial charge on any atom is 0.252 e. The second-order valence-corrected chi connectivity index (χ2v) is 6.37. The zero-order valence-electron chi connectivity index (χ0n) is 15.4. The van der Waals surface area contributed by atoms with E-state index in [4.69, 9.17) is 4.74 Å². The molecule has 5 heteroatoms. The van der Waals surface area contributed by atoms with Crippen molar-refractivity contribution in [2.75, 3.05) is 13.2 Å². The van der Waals surface area contributed by atoms with Gasteiger partial charge in [-0.2, -0.15) is 0 Å². The molecule has 0 atom stereocenters. The Kier molecular flexibility index (Phi) is 6.04. The Labute approximate surface area is 157 Å². The summed E-state index contributed by atoms with van der Waals surface area (Å²) in [4.78, 5) is 17.4. The molecule has 0 aliphatic heterocycles. The third kappa shape index (κ3) is 4.63. The van der Waals surface area contributed by atoms with E-state index in [1.807, 2.05) is 30.3 Å². The second-order valence-electron chi connectivity index (χ2n) is 6.37. The number of aromatic amines is 1. The monoisotopic (exact) mass is 366 g/mol. The summed E-state index contributed by atoms with van der Waals surface area (Å²) in [6.07, 6.45) is 1.71. The zero-order chi connectivity index (χ0) is 19.2. The van der Waals surface area contributed by atoms with E-state index in [0.29, 0.717) is 30.8 Å². The fourth-order valence-electron chi connectivity index (χ4n) is 3.02. The van der Waals surface area contributed by atoms with Crippen molar-refractivity contribution in [2.45, 2.75) is 20.0 Å². The lowest BCUT2D eigenvalue weighted by Crippen LogP contribution is -2.26. The second kappa shape index (κ2) is 8.64. The maximum absolute atomic E-state index is 13.4. The van der Waals surface area contributed by atoms with Crippen molar-refractivity contribution in [2.24, 2.45) is 0 Å². The van der Waals surface area contributed by atoms with Crippen LogP contribution in [0.25, 0.3) is 10.9 Å². The number of halogens is 1. The molecule has 1 N–H and O–H groups in total. The van der Waals surface area contributed by atoms with E-state index in [1.165, 1.54) is 12.1 Å². The van der Waals surface area contributed by atoms with Crippen LogP contribution in [0.15, 0.2) is 66.0 Å². The van der Waals surface area contributed by atoms with Crippen LogP contribution in [0.3, 0.4) is 0 Å². The lowest BCUT2D eigenvalue weighted by Gasteiger charge is -2.22. The molecule has 1 heterocycles. The number of benzene rings is 2. The number of rotatable bonds is 8. The molecule has 0 aliphatic carbocycles. The number of hydrogen-bond acceptors (Lipinski definition) is 3. The molecular formula is C22H23FN2O2. The third-order valence-corrected chi connectivity index (χ3v) is 4.45. The summed E-state index contributed by atoms with van der Waals surface area (Å²) in [5, 5.41) is 0.816. The maximum atomic E-state index is 13.4. The highest BCUT2D eigenvalue weighted by Crippen LogP contribution is 2.21. The van der Waals surface area contributed by atoms with Crippen molar-refractivity contribution in [1.29, 1.82) is 0 Å². The van der Waals surface area contributed by atoms with Gasteiger partial charge in [-0.25, -0.2) is 4.39 Å². The standard InChI is InChI=1S/C22H23FN2O2/c1-3-11-27-21-8-6-5-7-17(21)14-25(4-2)15-18-12-16-9-10-19(23)13-20(16)24-22(18)26/h3,5-10,12-13H,1,4,11,14-15H2,2H3,(H,24,26). The van der Waals surface area contributed by atoms with Gasteiger partial charge in [-0.1, -0.05) is 37.8 Å². The molecule has 0 saturated heterocycles. The van der Waals surface area contributed by atoms with Gasteiger partial charge in [-0.15, -0.1) is 0 Å². The van der Waals surface area contributed by atoms with Gasteiger partial charge in [0.2, 0.25) is 0 Å². The van der Waals surface area contributed by atoms with Crippen molar-refractivity contribution in [1.82, 2.24) is 9.88 Å². The minimum absolute atomic E-state index is 0.192. The van der Waals surface area contributed by atoms with Gasteiger partial charge >= 0.3 is 0 Å². The van der Waals surface area contributed by atoms with Gasteiger partial charge in [0.15, 0.2) is 0 Å². The van der Waals surface area contributed by atoms with E-state index >= 15 is 0 Å². The number of aromatic nitrogens is 1. The Hall–Kier alpha value is -2.92. The number of para-hydroxylation sites is 1. The molecule has 0 spiro atoms. The lowest BCUT2D eigenvalue weighted by atomic mass is 10.1. The van der Waals surface area contributed by atoms with Crippen LogP contribution in [-0.2, 0) is 13.1 Å². The van der Waals surface area contributed by atoms with Gasteiger partial charge in [0.05, 0.1) is 5.52 Å². The van der Waals surface area contributed by atoms with Crippen molar-refractivity contribution in [3.8, 4) is 5.75 Å². The molecule has 0 radical (unpaired) electrons. The van der Waals surface area contributed by atoms with Gasteiger partial charge in [0.25, 0.3) is 5.56 Å². The minimum atomic E-state index is -0.364. The molecule has 0 amide bonds. The summed E-state index contributed by atoms with van der Waals surface area (Å²) in [6.45, 7) is 8.11. The van der Waals surface area contributed by atoms with Crippen LogP contribution in [0.4, 0.5) is 4.39 Å². The number of fused-ring (bicyclic) bond motifs is 1. The van der Waals surface area contributed by atoms with Crippen molar-refractivity contribution < 1.29 is 9.13 Å². The normalized spacial score (nSPS) is 11.1. The predicted octanol–water partition coefficient (Wildman–Crippen LogP) is 4.25. The quantitative estimate of drug-likeness (QED) is 0.606. The van der Waals surface area contributed by atoms with Crippen LogP contribution < -0.4 is 10.3 Å². The van der Waals surface area contributed by atoms with Crippen molar-refractivity contribution in [3.63, 3.8) is 0 Å². The van der Waals surface area contributed by atoms with Crippen LogP contribution in [0.5, 0.6) is 5.75 Å². The average Bonchev–Trinajstić information content (AvgIpc) is 2.67. The topological polar surface area (TPSA) is 45.3 Å².